The van der Waals surface area contributed by atoms with E-state index in [1.54, 1.807) is 0 Å². The van der Waals surface area contributed by atoms with Gasteiger partial charge in [-0.15, -0.1) is 0 Å². The molecule has 1 saturated heterocycles. The van der Waals surface area contributed by atoms with E-state index in [1.807, 2.05) is 18.2 Å². The molecule has 0 unspecified atom stereocenters. The Morgan fingerprint density at radius 3 is 2.82 bits per heavy atom. The molecule has 0 bridgehead atoms. The molecule has 2 rings (SSSR count). The Hall–Kier alpha value is -1.53. The van der Waals surface area contributed by atoms with Crippen LogP contribution in [-0.4, -0.2) is 31.1 Å². The van der Waals surface area contributed by atoms with Crippen molar-refractivity contribution < 1.29 is 0 Å². The van der Waals surface area contributed by atoms with Crippen molar-refractivity contribution in [1.82, 2.24) is 4.90 Å². The quantitative estimate of drug-likeness (QED) is 0.861. The average Bonchev–Trinajstić information content (AvgIpc) is 2.84. The van der Waals surface area contributed by atoms with E-state index in [4.69, 9.17) is 5.26 Å². The van der Waals surface area contributed by atoms with Gasteiger partial charge in [-0.2, -0.15) is 5.26 Å². The summed E-state index contributed by atoms with van der Waals surface area (Å²) in [5, 5.41) is 12.3. The minimum atomic E-state index is 0.722. The van der Waals surface area contributed by atoms with E-state index >= 15 is 0 Å². The number of hydrogen-bond donors (Lipinski definition) is 1. The molecular weight excluding hydrogens is 210 g/mol. The van der Waals surface area contributed by atoms with Crippen LogP contribution >= 0.6 is 0 Å². The number of anilines is 1. The molecule has 1 N–H and O–H groups in total. The molecule has 0 aromatic heterocycles. The summed E-state index contributed by atoms with van der Waals surface area (Å²) in [7, 11) is 0. The zero-order valence-electron chi connectivity index (χ0n) is 10.4. The lowest BCUT2D eigenvalue weighted by atomic mass is 10.1. The topological polar surface area (TPSA) is 39.1 Å². The summed E-state index contributed by atoms with van der Waals surface area (Å²) in [4.78, 5) is 2.48. The summed E-state index contributed by atoms with van der Waals surface area (Å²) in [6.07, 6.45) is 2.67. The summed E-state index contributed by atoms with van der Waals surface area (Å²) in [5.74, 6) is 0. The second-order valence-corrected chi connectivity index (χ2v) is 4.62. The van der Waals surface area contributed by atoms with Crippen LogP contribution in [0.1, 0.15) is 24.0 Å². The van der Waals surface area contributed by atoms with Crippen molar-refractivity contribution in [3.8, 4) is 6.07 Å². The van der Waals surface area contributed by atoms with Crippen molar-refractivity contribution in [2.45, 2.75) is 19.8 Å². The summed E-state index contributed by atoms with van der Waals surface area (Å²) in [5.41, 5.74) is 3.01. The molecule has 3 nitrogen and oxygen atoms in total. The first-order chi connectivity index (χ1) is 8.29. The van der Waals surface area contributed by atoms with Gasteiger partial charge in [-0.05, 0) is 50.6 Å². The minimum absolute atomic E-state index is 0.722. The largest absolute Gasteiger partial charge is 0.384 e. The molecule has 3 heteroatoms. The number of nitrogens with zero attached hydrogens (tertiary/aromatic N) is 2. The maximum atomic E-state index is 8.86. The Labute approximate surface area is 103 Å². The van der Waals surface area contributed by atoms with E-state index in [9.17, 15) is 0 Å². The Morgan fingerprint density at radius 2 is 2.12 bits per heavy atom. The monoisotopic (exact) mass is 229 g/mol. The molecule has 0 saturated carbocycles. The van der Waals surface area contributed by atoms with Crippen LogP contribution in [0.25, 0.3) is 0 Å². The van der Waals surface area contributed by atoms with Gasteiger partial charge in [0.15, 0.2) is 0 Å². The summed E-state index contributed by atoms with van der Waals surface area (Å²) >= 11 is 0. The smallest absolute Gasteiger partial charge is 0.0992 e. The Balaban J connectivity index is 1.87. The summed E-state index contributed by atoms with van der Waals surface area (Å²) < 4.78 is 0. The number of rotatable bonds is 4. The molecule has 1 aliphatic rings. The van der Waals surface area contributed by atoms with Crippen LogP contribution in [0.3, 0.4) is 0 Å². The molecule has 0 radical (unpaired) electrons. The molecule has 1 aliphatic heterocycles. The molecule has 1 aromatic rings. The van der Waals surface area contributed by atoms with E-state index in [-0.39, 0.29) is 0 Å². The fraction of sp³-hybridized carbons (Fsp3) is 0.500. The number of nitrogens with one attached hydrogen (secondary N) is 1. The number of hydrogen-bond acceptors (Lipinski definition) is 3. The predicted molar refractivity (Wildman–Crippen MR) is 70.1 cm³/mol. The highest BCUT2D eigenvalue weighted by Gasteiger charge is 2.10. The molecule has 0 spiro atoms. The Bertz CT molecular complexity index is 414. The fourth-order valence-electron chi connectivity index (χ4n) is 2.24. The van der Waals surface area contributed by atoms with Gasteiger partial charge in [0, 0.05) is 18.8 Å². The van der Waals surface area contributed by atoms with Crippen molar-refractivity contribution in [3.05, 3.63) is 29.3 Å². The number of aryl methyl sites for hydroxylation is 1. The Kier molecular flexibility index (Phi) is 4.00. The molecule has 0 atom stereocenters. The average molecular weight is 229 g/mol. The molecule has 1 heterocycles. The van der Waals surface area contributed by atoms with Crippen molar-refractivity contribution in [1.29, 1.82) is 5.26 Å². The molecule has 1 fully saturated rings. The highest BCUT2D eigenvalue weighted by molar-refractivity contribution is 5.55. The van der Waals surface area contributed by atoms with Gasteiger partial charge in [-0.3, -0.25) is 0 Å². The van der Waals surface area contributed by atoms with Crippen LogP contribution in [-0.2, 0) is 0 Å². The maximum absolute atomic E-state index is 8.86. The molecular formula is C14H19N3. The van der Waals surface area contributed by atoms with Crippen LogP contribution < -0.4 is 5.32 Å². The van der Waals surface area contributed by atoms with Gasteiger partial charge in [-0.25, -0.2) is 0 Å². The number of benzene rings is 1. The second kappa shape index (κ2) is 5.70. The highest BCUT2D eigenvalue weighted by atomic mass is 15.1. The minimum Gasteiger partial charge on any atom is -0.384 e. The molecule has 1 aromatic carbocycles. The normalized spacial score (nSPS) is 15.8. The first-order valence-corrected chi connectivity index (χ1v) is 6.26. The zero-order valence-corrected chi connectivity index (χ0v) is 10.4. The van der Waals surface area contributed by atoms with Crippen LogP contribution in [0.4, 0.5) is 5.69 Å². The zero-order chi connectivity index (χ0) is 12.1. The lowest BCUT2D eigenvalue weighted by Crippen LogP contribution is -2.26. The van der Waals surface area contributed by atoms with Gasteiger partial charge in [0.1, 0.15) is 0 Å². The van der Waals surface area contributed by atoms with E-state index < -0.39 is 0 Å². The van der Waals surface area contributed by atoms with E-state index in [2.05, 4.69) is 23.2 Å². The van der Waals surface area contributed by atoms with Crippen molar-refractivity contribution >= 4 is 5.69 Å². The van der Waals surface area contributed by atoms with Gasteiger partial charge in [0.05, 0.1) is 11.6 Å². The fourth-order valence-corrected chi connectivity index (χ4v) is 2.24. The van der Waals surface area contributed by atoms with Crippen LogP contribution in [0.15, 0.2) is 18.2 Å². The van der Waals surface area contributed by atoms with Crippen molar-refractivity contribution in [2.24, 2.45) is 0 Å². The first-order valence-electron chi connectivity index (χ1n) is 6.26. The third-order valence-corrected chi connectivity index (χ3v) is 3.31. The maximum Gasteiger partial charge on any atom is 0.0992 e. The van der Waals surface area contributed by atoms with Crippen molar-refractivity contribution in [3.63, 3.8) is 0 Å². The van der Waals surface area contributed by atoms with Crippen molar-refractivity contribution in [2.75, 3.05) is 31.5 Å². The standard InChI is InChI=1S/C14H19N3/c1-12-4-5-13(11-15)10-14(12)16-6-9-17-7-2-3-8-17/h4-5,10,16H,2-3,6-9H2,1H3. The SMILES string of the molecule is Cc1ccc(C#N)cc1NCCN1CCCC1. The predicted octanol–water partition coefficient (Wildman–Crippen LogP) is 2.37. The first kappa shape index (κ1) is 11.9. The third kappa shape index (κ3) is 3.21. The van der Waals surface area contributed by atoms with Gasteiger partial charge < -0.3 is 10.2 Å². The highest BCUT2D eigenvalue weighted by Crippen LogP contribution is 2.16. The summed E-state index contributed by atoms with van der Waals surface area (Å²) in [6.45, 7) is 6.59. The van der Waals surface area contributed by atoms with E-state index in [1.165, 1.54) is 31.5 Å². The number of nitriles is 1. The van der Waals surface area contributed by atoms with Gasteiger partial charge in [0.25, 0.3) is 0 Å². The molecule has 17 heavy (non-hydrogen) atoms. The number of likely N-dealkylation sites (tertiary alicyclic amines) is 1. The second-order valence-electron chi connectivity index (χ2n) is 4.62. The lowest BCUT2D eigenvalue weighted by Gasteiger charge is -2.16. The third-order valence-electron chi connectivity index (χ3n) is 3.31. The van der Waals surface area contributed by atoms with Crippen LogP contribution in [0, 0.1) is 18.3 Å². The van der Waals surface area contributed by atoms with Crippen LogP contribution in [0.5, 0.6) is 0 Å². The van der Waals surface area contributed by atoms with E-state index in [0.717, 1.165) is 24.3 Å². The van der Waals surface area contributed by atoms with Gasteiger partial charge in [0.2, 0.25) is 0 Å². The van der Waals surface area contributed by atoms with Gasteiger partial charge >= 0.3 is 0 Å². The van der Waals surface area contributed by atoms with Gasteiger partial charge in [-0.1, -0.05) is 6.07 Å². The lowest BCUT2D eigenvalue weighted by molar-refractivity contribution is 0.352. The molecule has 0 aliphatic carbocycles. The molecule has 90 valence electrons. The summed E-state index contributed by atoms with van der Waals surface area (Å²) in [6, 6.07) is 7.96. The Morgan fingerprint density at radius 1 is 1.35 bits per heavy atom. The molecule has 0 amide bonds. The van der Waals surface area contributed by atoms with Crippen LogP contribution in [0.2, 0.25) is 0 Å². The van der Waals surface area contributed by atoms with E-state index in [0.29, 0.717) is 0 Å².